The van der Waals surface area contributed by atoms with E-state index in [4.69, 9.17) is 0 Å². The first-order chi connectivity index (χ1) is 9.92. The van der Waals surface area contributed by atoms with E-state index < -0.39 is 35.8 Å². The zero-order valence-corrected chi connectivity index (χ0v) is 11.2. The largest absolute Gasteiger partial charge is 0.467 e. The van der Waals surface area contributed by atoms with Gasteiger partial charge < -0.3 is 20.1 Å². The number of carbonyl (C=O) groups is 2. The number of aliphatic hydroxyl groups is 1. The first-order valence-electron chi connectivity index (χ1n) is 6.21. The fourth-order valence-electron chi connectivity index (χ4n) is 2.18. The van der Waals surface area contributed by atoms with Crippen LogP contribution in [0.1, 0.15) is 6.42 Å². The molecule has 2 N–H and O–H groups in total. The Morgan fingerprint density at radius 3 is 2.76 bits per heavy atom. The van der Waals surface area contributed by atoms with E-state index in [2.05, 4.69) is 10.1 Å². The summed E-state index contributed by atoms with van der Waals surface area (Å²) in [6.07, 6.45) is -0.815. The number of likely N-dealkylation sites (tertiary alicyclic amines) is 1. The third-order valence-electron chi connectivity index (χ3n) is 3.19. The fraction of sp³-hybridized carbons (Fsp3) is 0.385. The third kappa shape index (κ3) is 3.27. The van der Waals surface area contributed by atoms with Crippen molar-refractivity contribution in [3.05, 3.63) is 29.8 Å². The second-order valence-corrected chi connectivity index (χ2v) is 4.64. The Morgan fingerprint density at radius 1 is 1.43 bits per heavy atom. The molecule has 2 atom stereocenters. The highest BCUT2D eigenvalue weighted by Crippen LogP contribution is 2.22. The van der Waals surface area contributed by atoms with Crippen molar-refractivity contribution in [3.63, 3.8) is 0 Å². The normalized spacial score (nSPS) is 21.2. The number of carbonyl (C=O) groups excluding carboxylic acids is 2. The van der Waals surface area contributed by atoms with Crippen molar-refractivity contribution >= 4 is 17.7 Å². The molecule has 1 saturated heterocycles. The lowest BCUT2D eigenvalue weighted by molar-refractivity contribution is -0.144. The number of halogens is 2. The highest BCUT2D eigenvalue weighted by Gasteiger charge is 2.39. The first kappa shape index (κ1) is 15.2. The van der Waals surface area contributed by atoms with Gasteiger partial charge in [0.1, 0.15) is 17.7 Å². The molecule has 2 amide bonds. The van der Waals surface area contributed by atoms with Gasteiger partial charge in [0.25, 0.3) is 0 Å². The molecular weight excluding hydrogens is 286 g/mol. The van der Waals surface area contributed by atoms with Crippen LogP contribution in [0, 0.1) is 11.6 Å². The summed E-state index contributed by atoms with van der Waals surface area (Å²) in [5.41, 5.74) is -0.216. The van der Waals surface area contributed by atoms with Crippen LogP contribution in [0.25, 0.3) is 0 Å². The Morgan fingerprint density at radius 2 is 2.14 bits per heavy atom. The zero-order chi connectivity index (χ0) is 15.6. The summed E-state index contributed by atoms with van der Waals surface area (Å²) < 4.78 is 30.8. The number of hydrogen-bond acceptors (Lipinski definition) is 4. The minimum Gasteiger partial charge on any atom is -0.467 e. The molecule has 0 radical (unpaired) electrons. The second kappa shape index (κ2) is 6.04. The Labute approximate surface area is 119 Å². The van der Waals surface area contributed by atoms with E-state index in [0.29, 0.717) is 6.07 Å². The van der Waals surface area contributed by atoms with Crippen molar-refractivity contribution in [2.45, 2.75) is 18.6 Å². The topological polar surface area (TPSA) is 78.9 Å². The predicted molar refractivity (Wildman–Crippen MR) is 68.5 cm³/mol. The molecule has 0 bridgehead atoms. The van der Waals surface area contributed by atoms with E-state index >= 15 is 0 Å². The minimum atomic E-state index is -0.937. The molecular formula is C13H14F2N2O4. The highest BCUT2D eigenvalue weighted by molar-refractivity contribution is 5.93. The number of ether oxygens (including phenoxy) is 1. The summed E-state index contributed by atoms with van der Waals surface area (Å²) >= 11 is 0. The summed E-state index contributed by atoms with van der Waals surface area (Å²) in [4.78, 5) is 24.7. The lowest BCUT2D eigenvalue weighted by Gasteiger charge is -2.22. The smallest absolute Gasteiger partial charge is 0.328 e. The number of hydrogen-bond donors (Lipinski definition) is 2. The van der Waals surface area contributed by atoms with Crippen LogP contribution in [0.15, 0.2) is 18.2 Å². The van der Waals surface area contributed by atoms with Crippen LogP contribution in [0.2, 0.25) is 0 Å². The van der Waals surface area contributed by atoms with Gasteiger partial charge >= 0.3 is 12.0 Å². The summed E-state index contributed by atoms with van der Waals surface area (Å²) in [6.45, 7) is -0.0750. The van der Waals surface area contributed by atoms with Gasteiger partial charge in [-0.2, -0.15) is 0 Å². The zero-order valence-electron chi connectivity index (χ0n) is 11.2. The Balaban J connectivity index is 2.13. The second-order valence-electron chi connectivity index (χ2n) is 4.64. The van der Waals surface area contributed by atoms with Crippen molar-refractivity contribution in [2.24, 2.45) is 0 Å². The number of esters is 1. The molecule has 2 unspecified atom stereocenters. The summed E-state index contributed by atoms with van der Waals surface area (Å²) in [7, 11) is 1.17. The minimum absolute atomic E-state index is 0.0476. The molecule has 1 fully saturated rings. The number of amides is 2. The van der Waals surface area contributed by atoms with Crippen LogP contribution in [0.3, 0.4) is 0 Å². The molecule has 21 heavy (non-hydrogen) atoms. The maximum Gasteiger partial charge on any atom is 0.328 e. The molecule has 1 aromatic carbocycles. The van der Waals surface area contributed by atoms with Gasteiger partial charge in [-0.1, -0.05) is 0 Å². The quantitative estimate of drug-likeness (QED) is 0.802. The van der Waals surface area contributed by atoms with Gasteiger partial charge in [0.15, 0.2) is 0 Å². The lowest BCUT2D eigenvalue weighted by atomic mass is 10.2. The highest BCUT2D eigenvalue weighted by atomic mass is 19.1. The van der Waals surface area contributed by atoms with E-state index in [-0.39, 0.29) is 18.7 Å². The van der Waals surface area contributed by atoms with E-state index in [9.17, 15) is 23.5 Å². The van der Waals surface area contributed by atoms with Crippen molar-refractivity contribution in [3.8, 4) is 0 Å². The van der Waals surface area contributed by atoms with E-state index in [1.165, 1.54) is 7.11 Å². The molecule has 8 heteroatoms. The summed E-state index contributed by atoms with van der Waals surface area (Å²) in [5.74, 6) is -2.37. The van der Waals surface area contributed by atoms with E-state index in [1.807, 2.05) is 0 Å². The molecule has 2 rings (SSSR count). The van der Waals surface area contributed by atoms with Gasteiger partial charge in [-0.05, 0) is 12.1 Å². The van der Waals surface area contributed by atoms with Gasteiger partial charge in [-0.15, -0.1) is 0 Å². The van der Waals surface area contributed by atoms with E-state index in [1.54, 1.807) is 0 Å². The van der Waals surface area contributed by atoms with Crippen LogP contribution in [0.5, 0.6) is 0 Å². The van der Waals surface area contributed by atoms with Crippen LogP contribution >= 0.6 is 0 Å². The number of rotatable bonds is 2. The maximum absolute atomic E-state index is 13.5. The number of aliphatic hydroxyl groups excluding tert-OH is 1. The number of nitrogens with zero attached hydrogens (tertiary/aromatic N) is 1. The molecule has 114 valence electrons. The van der Waals surface area contributed by atoms with E-state index in [0.717, 1.165) is 17.0 Å². The van der Waals surface area contributed by atoms with Crippen LogP contribution in [-0.4, -0.2) is 47.8 Å². The number of benzene rings is 1. The molecule has 1 aromatic rings. The number of methoxy groups -OCH3 is 1. The molecule has 0 spiro atoms. The predicted octanol–water partition coefficient (Wildman–Crippen LogP) is 1.10. The first-order valence-corrected chi connectivity index (χ1v) is 6.21. The number of β-amino-alcohol motifs (C(OH)–C–C–N with tert-alkyl or cyclic N) is 1. The monoisotopic (exact) mass is 300 g/mol. The Bertz CT molecular complexity index is 567. The fourth-order valence-corrected chi connectivity index (χ4v) is 2.18. The standard InChI is InChI=1S/C13H14F2N2O4/c1-21-12(19)11-5-8(18)6-17(11)13(20)16-10-3-2-7(14)4-9(10)15/h2-4,8,11,18H,5-6H2,1H3,(H,16,20). The van der Waals surface area contributed by atoms with Gasteiger partial charge in [0.2, 0.25) is 0 Å². The van der Waals surface area contributed by atoms with Crippen molar-refractivity contribution in [1.29, 1.82) is 0 Å². The van der Waals surface area contributed by atoms with Gasteiger partial charge in [0.05, 0.1) is 18.9 Å². The SMILES string of the molecule is COC(=O)C1CC(O)CN1C(=O)Nc1ccc(F)cc1F. The Kier molecular flexibility index (Phi) is 4.37. The van der Waals surface area contributed by atoms with Crippen molar-refractivity contribution in [2.75, 3.05) is 19.0 Å². The molecule has 0 aromatic heterocycles. The summed E-state index contributed by atoms with van der Waals surface area (Å²) in [5, 5.41) is 11.8. The molecule has 0 aliphatic carbocycles. The molecule has 6 nitrogen and oxygen atoms in total. The van der Waals surface area contributed by atoms with Gasteiger partial charge in [0, 0.05) is 19.0 Å². The average molecular weight is 300 g/mol. The molecule has 1 heterocycles. The Hall–Kier alpha value is -2.22. The number of urea groups is 1. The molecule has 0 saturated carbocycles. The summed E-state index contributed by atoms with van der Waals surface area (Å²) in [6, 6.07) is 0.991. The van der Waals surface area contributed by atoms with Crippen molar-refractivity contribution in [1.82, 2.24) is 4.90 Å². The third-order valence-corrected chi connectivity index (χ3v) is 3.19. The van der Waals surface area contributed by atoms with Gasteiger partial charge in [-0.25, -0.2) is 18.4 Å². The van der Waals surface area contributed by atoms with Crippen molar-refractivity contribution < 1.29 is 28.2 Å². The lowest BCUT2D eigenvalue weighted by Crippen LogP contribution is -2.43. The average Bonchev–Trinajstić information content (AvgIpc) is 2.83. The molecule has 1 aliphatic rings. The van der Waals surface area contributed by atoms with Crippen LogP contribution < -0.4 is 5.32 Å². The maximum atomic E-state index is 13.5. The number of anilines is 1. The van der Waals surface area contributed by atoms with Crippen LogP contribution in [-0.2, 0) is 9.53 Å². The van der Waals surface area contributed by atoms with Crippen LogP contribution in [0.4, 0.5) is 19.3 Å². The molecule has 1 aliphatic heterocycles. The number of nitrogens with one attached hydrogen (secondary N) is 1. The van der Waals surface area contributed by atoms with Gasteiger partial charge in [-0.3, -0.25) is 0 Å².